The number of carbonyl (C=O) groups excluding carboxylic acids is 1. The Morgan fingerprint density at radius 1 is 1.15 bits per heavy atom. The van der Waals surface area contributed by atoms with Crippen LogP contribution in [0.1, 0.15) is 51.6 Å². The van der Waals surface area contributed by atoms with Gasteiger partial charge in [0.2, 0.25) is 5.91 Å². The molecule has 1 rings (SSSR count). The highest BCUT2D eigenvalue weighted by Crippen LogP contribution is 2.21. The minimum Gasteiger partial charge on any atom is -0.349 e. The molecule has 0 saturated heterocycles. The summed E-state index contributed by atoms with van der Waals surface area (Å²) < 4.78 is 0. The molecular formula is C17H28N2O. The van der Waals surface area contributed by atoms with Gasteiger partial charge in [0.25, 0.3) is 0 Å². The average molecular weight is 276 g/mol. The fourth-order valence-corrected chi connectivity index (χ4v) is 2.35. The maximum absolute atomic E-state index is 12.1. The molecule has 3 heteroatoms. The number of nitrogens with one attached hydrogen (secondary N) is 1. The third-order valence-electron chi connectivity index (χ3n) is 3.67. The summed E-state index contributed by atoms with van der Waals surface area (Å²) in [5.74, 6) is 1.03. The Kier molecular flexibility index (Phi) is 7.31. The largest absolute Gasteiger partial charge is 0.349 e. The monoisotopic (exact) mass is 276 g/mol. The number of carbonyl (C=O) groups is 1. The number of amides is 1. The zero-order chi connectivity index (χ0) is 15.0. The van der Waals surface area contributed by atoms with E-state index in [-0.39, 0.29) is 11.9 Å². The van der Waals surface area contributed by atoms with Crippen LogP contribution in [0.3, 0.4) is 0 Å². The zero-order valence-corrected chi connectivity index (χ0v) is 12.9. The molecule has 1 aromatic rings. The number of nitrogens with two attached hydrogens (primary N) is 1. The second-order valence-electron chi connectivity index (χ2n) is 5.92. The molecule has 1 aromatic carbocycles. The topological polar surface area (TPSA) is 55.1 Å². The van der Waals surface area contributed by atoms with Crippen molar-refractivity contribution in [3.05, 3.63) is 35.9 Å². The molecule has 3 nitrogen and oxygen atoms in total. The number of hydrogen-bond acceptors (Lipinski definition) is 2. The normalized spacial score (nSPS) is 14.1. The Morgan fingerprint density at radius 2 is 1.80 bits per heavy atom. The molecule has 1 amide bonds. The highest BCUT2D eigenvalue weighted by molar-refractivity contribution is 5.76. The molecule has 0 aliphatic carbocycles. The number of rotatable bonds is 8. The number of hydrogen-bond donors (Lipinski definition) is 2. The van der Waals surface area contributed by atoms with Gasteiger partial charge in [-0.2, -0.15) is 0 Å². The Hall–Kier alpha value is -1.35. The van der Waals surface area contributed by atoms with Crippen molar-refractivity contribution in [3.63, 3.8) is 0 Å². The van der Waals surface area contributed by atoms with Crippen LogP contribution in [0.4, 0.5) is 0 Å². The summed E-state index contributed by atoms with van der Waals surface area (Å²) in [5, 5.41) is 3.16. The summed E-state index contributed by atoms with van der Waals surface area (Å²) >= 11 is 0. The molecule has 2 unspecified atom stereocenters. The van der Waals surface area contributed by atoms with E-state index in [4.69, 9.17) is 5.73 Å². The first kappa shape index (κ1) is 16.7. The average Bonchev–Trinajstić information content (AvgIpc) is 2.43. The summed E-state index contributed by atoms with van der Waals surface area (Å²) in [6, 6.07) is 10.3. The maximum Gasteiger partial charge on any atom is 0.220 e. The van der Waals surface area contributed by atoms with Crippen molar-refractivity contribution in [2.75, 3.05) is 6.54 Å². The Labute approximate surface area is 122 Å². The summed E-state index contributed by atoms with van der Waals surface area (Å²) in [6.07, 6.45) is 2.47. The lowest BCUT2D eigenvalue weighted by Crippen LogP contribution is -2.31. The van der Waals surface area contributed by atoms with Gasteiger partial charge < -0.3 is 11.1 Å². The molecule has 2 atom stereocenters. The smallest absolute Gasteiger partial charge is 0.220 e. The van der Waals surface area contributed by atoms with Crippen molar-refractivity contribution in [1.82, 2.24) is 5.32 Å². The van der Waals surface area contributed by atoms with Crippen molar-refractivity contribution in [3.8, 4) is 0 Å². The molecule has 20 heavy (non-hydrogen) atoms. The van der Waals surface area contributed by atoms with Gasteiger partial charge in [-0.3, -0.25) is 4.79 Å². The van der Waals surface area contributed by atoms with E-state index in [9.17, 15) is 4.79 Å². The molecule has 0 spiro atoms. The minimum absolute atomic E-state index is 0.0912. The standard InChI is InChI=1S/C17H28N2O/c1-13(2)17(15-7-5-4-6-8-15)19-16(20)10-9-14(3)11-12-18/h4-8,13-14,17H,9-12,18H2,1-3H3,(H,19,20). The third kappa shape index (κ3) is 5.74. The van der Waals surface area contributed by atoms with Crippen molar-refractivity contribution in [2.24, 2.45) is 17.6 Å². The van der Waals surface area contributed by atoms with Gasteiger partial charge in [0.05, 0.1) is 6.04 Å². The predicted octanol–water partition coefficient (Wildman–Crippen LogP) is 3.27. The van der Waals surface area contributed by atoms with Gasteiger partial charge in [-0.1, -0.05) is 51.1 Å². The lowest BCUT2D eigenvalue weighted by Gasteiger charge is -2.23. The van der Waals surface area contributed by atoms with E-state index in [0.29, 0.717) is 24.8 Å². The van der Waals surface area contributed by atoms with Gasteiger partial charge in [0.15, 0.2) is 0 Å². The summed E-state index contributed by atoms with van der Waals surface area (Å²) in [7, 11) is 0. The van der Waals surface area contributed by atoms with Gasteiger partial charge in [-0.25, -0.2) is 0 Å². The predicted molar refractivity (Wildman–Crippen MR) is 84.2 cm³/mol. The van der Waals surface area contributed by atoms with Gasteiger partial charge in [-0.05, 0) is 36.8 Å². The second-order valence-corrected chi connectivity index (χ2v) is 5.92. The molecular weight excluding hydrogens is 248 g/mol. The van der Waals surface area contributed by atoms with Crippen molar-refractivity contribution >= 4 is 5.91 Å². The quantitative estimate of drug-likeness (QED) is 0.765. The van der Waals surface area contributed by atoms with E-state index < -0.39 is 0 Å². The van der Waals surface area contributed by atoms with E-state index in [1.165, 1.54) is 5.56 Å². The minimum atomic E-state index is 0.0912. The first-order valence-corrected chi connectivity index (χ1v) is 7.59. The van der Waals surface area contributed by atoms with E-state index in [1.807, 2.05) is 18.2 Å². The molecule has 0 bridgehead atoms. The second kappa shape index (κ2) is 8.75. The van der Waals surface area contributed by atoms with Gasteiger partial charge >= 0.3 is 0 Å². The lowest BCUT2D eigenvalue weighted by molar-refractivity contribution is -0.122. The zero-order valence-electron chi connectivity index (χ0n) is 12.9. The van der Waals surface area contributed by atoms with E-state index in [0.717, 1.165) is 12.8 Å². The van der Waals surface area contributed by atoms with Crippen molar-refractivity contribution in [1.29, 1.82) is 0 Å². The Balaban J connectivity index is 2.52. The van der Waals surface area contributed by atoms with Crippen LogP contribution in [-0.4, -0.2) is 12.5 Å². The molecule has 0 aliphatic heterocycles. The SMILES string of the molecule is CC(CCN)CCC(=O)NC(c1ccccc1)C(C)C. The van der Waals surface area contributed by atoms with Crippen LogP contribution in [0.25, 0.3) is 0 Å². The van der Waals surface area contributed by atoms with Gasteiger partial charge in [-0.15, -0.1) is 0 Å². The number of benzene rings is 1. The molecule has 0 saturated carbocycles. The van der Waals surface area contributed by atoms with Gasteiger partial charge in [0.1, 0.15) is 0 Å². The fraction of sp³-hybridized carbons (Fsp3) is 0.588. The van der Waals surface area contributed by atoms with Crippen LogP contribution in [0.2, 0.25) is 0 Å². The van der Waals surface area contributed by atoms with Crippen LogP contribution in [0.5, 0.6) is 0 Å². The first-order valence-electron chi connectivity index (χ1n) is 7.59. The molecule has 0 aliphatic rings. The molecule has 112 valence electrons. The summed E-state index contributed by atoms with van der Waals surface area (Å²) in [5.41, 5.74) is 6.70. The Bertz CT molecular complexity index is 389. The van der Waals surface area contributed by atoms with Crippen LogP contribution in [0, 0.1) is 11.8 Å². The molecule has 0 heterocycles. The molecule has 3 N–H and O–H groups in total. The van der Waals surface area contributed by atoms with Crippen LogP contribution >= 0.6 is 0 Å². The van der Waals surface area contributed by atoms with E-state index in [1.54, 1.807) is 0 Å². The van der Waals surface area contributed by atoms with E-state index in [2.05, 4.69) is 38.2 Å². The van der Waals surface area contributed by atoms with Gasteiger partial charge in [0, 0.05) is 6.42 Å². The lowest BCUT2D eigenvalue weighted by atomic mass is 9.95. The van der Waals surface area contributed by atoms with Crippen molar-refractivity contribution < 1.29 is 4.79 Å². The highest BCUT2D eigenvalue weighted by Gasteiger charge is 2.18. The maximum atomic E-state index is 12.1. The third-order valence-corrected chi connectivity index (χ3v) is 3.67. The van der Waals surface area contributed by atoms with Crippen LogP contribution in [0.15, 0.2) is 30.3 Å². The summed E-state index contributed by atoms with van der Waals surface area (Å²) in [4.78, 5) is 12.1. The fourth-order valence-electron chi connectivity index (χ4n) is 2.35. The van der Waals surface area contributed by atoms with E-state index >= 15 is 0 Å². The van der Waals surface area contributed by atoms with Crippen LogP contribution < -0.4 is 11.1 Å². The first-order chi connectivity index (χ1) is 9.54. The Morgan fingerprint density at radius 3 is 2.35 bits per heavy atom. The van der Waals surface area contributed by atoms with Crippen LogP contribution in [-0.2, 0) is 4.79 Å². The summed E-state index contributed by atoms with van der Waals surface area (Å²) in [6.45, 7) is 7.11. The molecule has 0 aromatic heterocycles. The molecule has 0 radical (unpaired) electrons. The molecule has 0 fully saturated rings. The van der Waals surface area contributed by atoms with Crippen molar-refractivity contribution in [2.45, 2.75) is 46.1 Å². The highest BCUT2D eigenvalue weighted by atomic mass is 16.1.